The molecule has 0 saturated carbocycles. The van der Waals surface area contributed by atoms with E-state index < -0.39 is 5.92 Å². The molecular weight excluding hydrogens is 388 g/mol. The number of amides is 2. The number of nitrogens with one attached hydrogen (secondary N) is 1. The fraction of sp³-hybridized carbons (Fsp3) is 0.222. The number of anilines is 2. The highest BCUT2D eigenvalue weighted by Crippen LogP contribution is 2.34. The first-order valence-corrected chi connectivity index (χ1v) is 8.66. The van der Waals surface area contributed by atoms with E-state index in [2.05, 4.69) is 21.2 Å². The van der Waals surface area contributed by atoms with Crippen LogP contribution in [0.5, 0.6) is 11.5 Å². The second kappa shape index (κ2) is 6.40. The monoisotopic (exact) mass is 402 g/mol. The lowest BCUT2D eigenvalue weighted by Crippen LogP contribution is -2.28. The van der Waals surface area contributed by atoms with Gasteiger partial charge >= 0.3 is 0 Å². The summed E-state index contributed by atoms with van der Waals surface area (Å²) >= 11 is 3.40. The summed E-state index contributed by atoms with van der Waals surface area (Å²) in [5, 5.41) is 2.85. The SMILES string of the molecule is O=C(Nc1ccc2c(c1)OCO2)C1CC(=O)N(c2cccc(Br)c2)C1. The maximum absolute atomic E-state index is 12.5. The molecule has 0 bridgehead atoms. The minimum Gasteiger partial charge on any atom is -0.454 e. The van der Waals surface area contributed by atoms with Crippen molar-refractivity contribution < 1.29 is 19.1 Å². The summed E-state index contributed by atoms with van der Waals surface area (Å²) in [5.41, 5.74) is 1.42. The van der Waals surface area contributed by atoms with E-state index in [-0.39, 0.29) is 25.0 Å². The third-order valence-corrected chi connectivity index (χ3v) is 4.75. The van der Waals surface area contributed by atoms with Crippen LogP contribution in [0.4, 0.5) is 11.4 Å². The summed E-state index contributed by atoms with van der Waals surface area (Å²) < 4.78 is 11.5. The third kappa shape index (κ3) is 3.19. The number of hydrogen-bond acceptors (Lipinski definition) is 4. The minimum absolute atomic E-state index is 0.0519. The Hall–Kier alpha value is -2.54. The van der Waals surface area contributed by atoms with Gasteiger partial charge in [0.25, 0.3) is 0 Å². The van der Waals surface area contributed by atoms with Gasteiger partial charge in [-0.3, -0.25) is 9.59 Å². The maximum atomic E-state index is 12.5. The predicted molar refractivity (Wildman–Crippen MR) is 95.8 cm³/mol. The Balaban J connectivity index is 1.45. The molecule has 0 spiro atoms. The second-order valence-electron chi connectivity index (χ2n) is 5.94. The Kier molecular flexibility index (Phi) is 4.09. The van der Waals surface area contributed by atoms with E-state index in [1.54, 1.807) is 23.1 Å². The smallest absolute Gasteiger partial charge is 0.231 e. The number of benzene rings is 2. The van der Waals surface area contributed by atoms with Crippen LogP contribution in [0.2, 0.25) is 0 Å². The van der Waals surface area contributed by atoms with E-state index >= 15 is 0 Å². The van der Waals surface area contributed by atoms with E-state index in [4.69, 9.17) is 9.47 Å². The van der Waals surface area contributed by atoms with E-state index in [0.29, 0.717) is 23.7 Å². The molecule has 2 aliphatic heterocycles. The van der Waals surface area contributed by atoms with Crippen LogP contribution in [0.1, 0.15) is 6.42 Å². The molecule has 6 nitrogen and oxygen atoms in total. The lowest BCUT2D eigenvalue weighted by atomic mass is 10.1. The normalized spacial score (nSPS) is 18.5. The third-order valence-electron chi connectivity index (χ3n) is 4.26. The fourth-order valence-corrected chi connectivity index (χ4v) is 3.38. The number of carbonyl (C=O) groups excluding carboxylic acids is 2. The van der Waals surface area contributed by atoms with Crippen molar-refractivity contribution in [1.82, 2.24) is 0 Å². The largest absolute Gasteiger partial charge is 0.454 e. The molecule has 2 aromatic rings. The Labute approximate surface area is 152 Å². The number of fused-ring (bicyclic) bond motifs is 1. The zero-order valence-electron chi connectivity index (χ0n) is 13.2. The van der Waals surface area contributed by atoms with Crippen molar-refractivity contribution in [2.75, 3.05) is 23.6 Å². The van der Waals surface area contributed by atoms with Crippen molar-refractivity contribution in [3.63, 3.8) is 0 Å². The highest BCUT2D eigenvalue weighted by molar-refractivity contribution is 9.10. The summed E-state index contributed by atoms with van der Waals surface area (Å²) in [5.74, 6) is 0.650. The topological polar surface area (TPSA) is 67.9 Å². The molecule has 2 heterocycles. The number of halogens is 1. The molecule has 1 saturated heterocycles. The Bertz CT molecular complexity index is 855. The molecule has 1 fully saturated rings. The molecule has 0 aromatic heterocycles. The van der Waals surface area contributed by atoms with E-state index in [0.717, 1.165) is 10.2 Å². The highest BCUT2D eigenvalue weighted by atomic mass is 79.9. The van der Waals surface area contributed by atoms with Crippen LogP contribution in [0.3, 0.4) is 0 Å². The molecule has 0 aliphatic carbocycles. The van der Waals surface area contributed by atoms with Gasteiger partial charge < -0.3 is 19.7 Å². The number of ether oxygens (including phenoxy) is 2. The number of rotatable bonds is 3. The van der Waals surface area contributed by atoms with Gasteiger partial charge in [-0.15, -0.1) is 0 Å². The van der Waals surface area contributed by atoms with Crippen molar-refractivity contribution >= 4 is 39.1 Å². The summed E-state index contributed by atoms with van der Waals surface area (Å²) in [6, 6.07) is 12.7. The van der Waals surface area contributed by atoms with Gasteiger partial charge in [0.1, 0.15) is 0 Å². The van der Waals surface area contributed by atoms with E-state index in [9.17, 15) is 9.59 Å². The lowest BCUT2D eigenvalue weighted by Gasteiger charge is -2.17. The van der Waals surface area contributed by atoms with Crippen molar-refractivity contribution in [2.45, 2.75) is 6.42 Å². The Morgan fingerprint density at radius 2 is 2.00 bits per heavy atom. The van der Waals surface area contributed by atoms with Crippen molar-refractivity contribution in [1.29, 1.82) is 0 Å². The molecule has 2 amide bonds. The molecule has 1 N–H and O–H groups in total. The summed E-state index contributed by atoms with van der Waals surface area (Å²) in [6.45, 7) is 0.553. The van der Waals surface area contributed by atoms with Crippen LogP contribution in [-0.4, -0.2) is 25.2 Å². The van der Waals surface area contributed by atoms with Crippen LogP contribution >= 0.6 is 15.9 Å². The van der Waals surface area contributed by atoms with E-state index in [1.165, 1.54) is 0 Å². The maximum Gasteiger partial charge on any atom is 0.231 e. The molecular formula is C18H15BrN2O4. The number of nitrogens with zero attached hydrogens (tertiary/aromatic N) is 1. The predicted octanol–water partition coefficient (Wildman–Crippen LogP) is 3.17. The van der Waals surface area contributed by atoms with Crippen LogP contribution < -0.4 is 19.7 Å². The van der Waals surface area contributed by atoms with E-state index in [1.807, 2.05) is 24.3 Å². The molecule has 1 atom stereocenters. The second-order valence-corrected chi connectivity index (χ2v) is 6.86. The fourth-order valence-electron chi connectivity index (χ4n) is 3.00. The van der Waals surface area contributed by atoms with Crippen LogP contribution in [-0.2, 0) is 9.59 Å². The highest BCUT2D eigenvalue weighted by Gasteiger charge is 2.35. The summed E-state index contributed by atoms with van der Waals surface area (Å²) in [6.07, 6.45) is 0.197. The Morgan fingerprint density at radius 1 is 1.16 bits per heavy atom. The summed E-state index contributed by atoms with van der Waals surface area (Å²) in [4.78, 5) is 26.5. The minimum atomic E-state index is -0.392. The molecule has 2 aliphatic rings. The quantitative estimate of drug-likeness (QED) is 0.855. The number of hydrogen-bond donors (Lipinski definition) is 1. The molecule has 7 heteroatoms. The van der Waals surface area contributed by atoms with Gasteiger partial charge in [-0.2, -0.15) is 0 Å². The van der Waals surface area contributed by atoms with Crippen LogP contribution in [0.15, 0.2) is 46.9 Å². The number of carbonyl (C=O) groups is 2. The van der Waals surface area contributed by atoms with Crippen molar-refractivity contribution in [3.8, 4) is 11.5 Å². The molecule has 0 radical (unpaired) electrons. The van der Waals surface area contributed by atoms with Crippen LogP contribution in [0, 0.1) is 5.92 Å². The molecule has 4 rings (SSSR count). The van der Waals surface area contributed by atoms with Crippen LogP contribution in [0.25, 0.3) is 0 Å². The molecule has 1 unspecified atom stereocenters. The van der Waals surface area contributed by atoms with Gasteiger partial charge in [0.15, 0.2) is 11.5 Å². The molecule has 128 valence electrons. The standard InChI is InChI=1S/C18H15BrN2O4/c19-12-2-1-3-14(7-12)21-9-11(6-17(21)22)18(23)20-13-4-5-15-16(8-13)25-10-24-15/h1-5,7-8,11H,6,9-10H2,(H,20,23). The summed E-state index contributed by atoms with van der Waals surface area (Å²) in [7, 11) is 0. The average Bonchev–Trinajstić information content (AvgIpc) is 3.20. The van der Waals surface area contributed by atoms with Gasteiger partial charge in [0.05, 0.1) is 5.92 Å². The molecule has 25 heavy (non-hydrogen) atoms. The lowest BCUT2D eigenvalue weighted by molar-refractivity contribution is -0.122. The first kappa shape index (κ1) is 16.0. The van der Waals surface area contributed by atoms with Gasteiger partial charge in [-0.1, -0.05) is 22.0 Å². The van der Waals surface area contributed by atoms with Gasteiger partial charge in [-0.05, 0) is 30.3 Å². The first-order chi connectivity index (χ1) is 12.1. The van der Waals surface area contributed by atoms with Gasteiger partial charge in [0.2, 0.25) is 18.6 Å². The Morgan fingerprint density at radius 3 is 2.84 bits per heavy atom. The average molecular weight is 403 g/mol. The van der Waals surface area contributed by atoms with Gasteiger partial charge in [0, 0.05) is 34.9 Å². The molecule has 2 aromatic carbocycles. The first-order valence-electron chi connectivity index (χ1n) is 7.86. The van der Waals surface area contributed by atoms with Crippen molar-refractivity contribution in [3.05, 3.63) is 46.9 Å². The van der Waals surface area contributed by atoms with Crippen molar-refractivity contribution in [2.24, 2.45) is 5.92 Å². The zero-order valence-corrected chi connectivity index (χ0v) is 14.8. The van der Waals surface area contributed by atoms with Gasteiger partial charge in [-0.25, -0.2) is 0 Å². The zero-order chi connectivity index (χ0) is 17.4.